The second kappa shape index (κ2) is 5.00. The second-order valence-corrected chi connectivity index (χ2v) is 7.35. The molecule has 0 saturated heterocycles. The van der Waals surface area contributed by atoms with Crippen LogP contribution in [0.1, 0.15) is 61.4 Å². The maximum atomic E-state index is 3.94. The summed E-state index contributed by atoms with van der Waals surface area (Å²) in [4.78, 5) is 0.580. The van der Waals surface area contributed by atoms with E-state index in [-0.39, 0.29) is 0 Å². The third-order valence-corrected chi connectivity index (χ3v) is 6.41. The Morgan fingerprint density at radius 2 is 1.61 bits per heavy atom. The van der Waals surface area contributed by atoms with Crippen LogP contribution in [0.25, 0.3) is 0 Å². The molecule has 18 heavy (non-hydrogen) atoms. The minimum atomic E-state index is 0.580. The molecule has 1 aromatic rings. The van der Waals surface area contributed by atoms with Crippen LogP contribution in [0.15, 0.2) is 24.3 Å². The van der Waals surface area contributed by atoms with Gasteiger partial charge in [0, 0.05) is 4.83 Å². The van der Waals surface area contributed by atoms with E-state index in [1.54, 1.807) is 0 Å². The molecule has 2 aliphatic rings. The first-order valence-electron chi connectivity index (χ1n) is 7.43. The summed E-state index contributed by atoms with van der Waals surface area (Å²) in [6, 6.07) is 9.33. The fourth-order valence-electron chi connectivity index (χ4n) is 3.52. The molecule has 0 N–H and O–H groups in total. The predicted octanol–water partition coefficient (Wildman–Crippen LogP) is 5.68. The van der Waals surface area contributed by atoms with Gasteiger partial charge in [0.2, 0.25) is 0 Å². The Kier molecular flexibility index (Phi) is 3.53. The van der Waals surface area contributed by atoms with Crippen molar-refractivity contribution in [2.75, 3.05) is 0 Å². The quantitative estimate of drug-likeness (QED) is 0.628. The molecule has 2 fully saturated rings. The zero-order valence-corrected chi connectivity index (χ0v) is 13.0. The minimum absolute atomic E-state index is 0.580. The molecule has 4 unspecified atom stereocenters. The van der Waals surface area contributed by atoms with Gasteiger partial charge in [0.05, 0.1) is 0 Å². The molecule has 0 amide bonds. The molecule has 1 heteroatoms. The van der Waals surface area contributed by atoms with E-state index in [0.717, 1.165) is 17.8 Å². The van der Waals surface area contributed by atoms with Crippen LogP contribution in [-0.4, -0.2) is 0 Å². The first kappa shape index (κ1) is 12.7. The highest BCUT2D eigenvalue weighted by molar-refractivity contribution is 9.09. The van der Waals surface area contributed by atoms with Crippen LogP contribution in [0.5, 0.6) is 0 Å². The molecule has 2 aliphatic carbocycles. The van der Waals surface area contributed by atoms with Gasteiger partial charge in [-0.25, -0.2) is 0 Å². The summed E-state index contributed by atoms with van der Waals surface area (Å²) in [6.45, 7) is 4.57. The molecular formula is C17H23Br. The van der Waals surface area contributed by atoms with Crippen molar-refractivity contribution in [2.45, 2.75) is 50.3 Å². The van der Waals surface area contributed by atoms with Crippen molar-refractivity contribution in [3.63, 3.8) is 0 Å². The van der Waals surface area contributed by atoms with Crippen molar-refractivity contribution >= 4 is 15.9 Å². The van der Waals surface area contributed by atoms with Gasteiger partial charge < -0.3 is 0 Å². The lowest BCUT2D eigenvalue weighted by Crippen LogP contribution is -2.05. The van der Waals surface area contributed by atoms with Crippen LogP contribution in [-0.2, 0) is 0 Å². The van der Waals surface area contributed by atoms with E-state index in [1.807, 2.05) is 0 Å². The van der Waals surface area contributed by atoms with E-state index in [0.29, 0.717) is 10.7 Å². The Morgan fingerprint density at radius 1 is 1.06 bits per heavy atom. The fraction of sp³-hybridized carbons (Fsp3) is 0.647. The molecule has 0 nitrogen and oxygen atoms in total. The van der Waals surface area contributed by atoms with Gasteiger partial charge in [0.15, 0.2) is 0 Å². The van der Waals surface area contributed by atoms with Crippen molar-refractivity contribution in [2.24, 2.45) is 17.8 Å². The Bertz CT molecular complexity index is 398. The number of rotatable bonds is 4. The molecule has 0 radical (unpaired) electrons. The number of alkyl halides is 1. The van der Waals surface area contributed by atoms with Gasteiger partial charge in [0.25, 0.3) is 0 Å². The maximum absolute atomic E-state index is 3.94. The topological polar surface area (TPSA) is 0 Å². The van der Waals surface area contributed by atoms with Gasteiger partial charge in [-0.2, -0.15) is 0 Å². The predicted molar refractivity (Wildman–Crippen MR) is 81.1 cm³/mol. The zero-order valence-electron chi connectivity index (χ0n) is 11.4. The molecule has 0 spiro atoms. The maximum Gasteiger partial charge on any atom is 0.0423 e. The highest BCUT2D eigenvalue weighted by Crippen LogP contribution is 2.58. The second-order valence-electron chi connectivity index (χ2n) is 6.37. The molecule has 0 bridgehead atoms. The average molecular weight is 307 g/mol. The Hall–Kier alpha value is -0.300. The standard InChI is InChI=1S/C17H23Br/c1-3-11(2)12-4-6-13(7-5-12)17(18)16-9-14-8-15(14)10-16/h4-7,11,14-17H,3,8-10H2,1-2H3. The van der Waals surface area contributed by atoms with Crippen molar-refractivity contribution in [1.82, 2.24) is 0 Å². The first-order chi connectivity index (χ1) is 8.69. The van der Waals surface area contributed by atoms with Gasteiger partial charge in [0.1, 0.15) is 0 Å². The summed E-state index contributed by atoms with van der Waals surface area (Å²) in [6.07, 6.45) is 5.65. The normalized spacial score (nSPS) is 32.9. The average Bonchev–Trinajstić information content (AvgIpc) is 3.03. The van der Waals surface area contributed by atoms with Crippen LogP contribution in [0.4, 0.5) is 0 Å². The largest absolute Gasteiger partial charge is 0.0836 e. The van der Waals surface area contributed by atoms with Gasteiger partial charge >= 0.3 is 0 Å². The van der Waals surface area contributed by atoms with Crippen molar-refractivity contribution in [3.8, 4) is 0 Å². The number of benzene rings is 1. The highest BCUT2D eigenvalue weighted by Gasteiger charge is 2.47. The van der Waals surface area contributed by atoms with Crippen LogP contribution in [0.2, 0.25) is 0 Å². The zero-order chi connectivity index (χ0) is 12.7. The van der Waals surface area contributed by atoms with E-state index >= 15 is 0 Å². The SMILES string of the molecule is CCC(C)c1ccc(C(Br)C2CC3CC3C2)cc1. The first-order valence-corrected chi connectivity index (χ1v) is 8.34. The summed E-state index contributed by atoms with van der Waals surface area (Å²) in [5.41, 5.74) is 2.96. The summed E-state index contributed by atoms with van der Waals surface area (Å²) in [5, 5.41) is 0. The molecule has 0 aromatic heterocycles. The number of hydrogen-bond acceptors (Lipinski definition) is 0. The van der Waals surface area contributed by atoms with Crippen LogP contribution in [0, 0.1) is 17.8 Å². The molecule has 98 valence electrons. The molecule has 4 atom stereocenters. The molecule has 3 rings (SSSR count). The Balaban J connectivity index is 1.68. The van der Waals surface area contributed by atoms with Crippen LogP contribution < -0.4 is 0 Å². The van der Waals surface area contributed by atoms with E-state index in [9.17, 15) is 0 Å². The van der Waals surface area contributed by atoms with E-state index in [1.165, 1.54) is 36.8 Å². The minimum Gasteiger partial charge on any atom is -0.0836 e. The Labute approximate surface area is 119 Å². The summed E-state index contributed by atoms with van der Waals surface area (Å²) < 4.78 is 0. The number of halogens is 1. The highest BCUT2D eigenvalue weighted by atomic mass is 79.9. The number of hydrogen-bond donors (Lipinski definition) is 0. The lowest BCUT2D eigenvalue weighted by Gasteiger charge is -2.20. The van der Waals surface area contributed by atoms with Crippen LogP contribution >= 0.6 is 15.9 Å². The van der Waals surface area contributed by atoms with Gasteiger partial charge in [-0.15, -0.1) is 0 Å². The van der Waals surface area contributed by atoms with Gasteiger partial charge in [-0.05, 0) is 60.5 Å². The molecule has 1 aromatic carbocycles. The monoisotopic (exact) mass is 306 g/mol. The third-order valence-electron chi connectivity index (χ3n) is 5.13. The lowest BCUT2D eigenvalue weighted by atomic mass is 9.92. The molecule has 0 aliphatic heterocycles. The third kappa shape index (κ3) is 2.39. The van der Waals surface area contributed by atoms with Crippen molar-refractivity contribution in [1.29, 1.82) is 0 Å². The van der Waals surface area contributed by atoms with E-state index in [2.05, 4.69) is 54.0 Å². The molecule has 0 heterocycles. The van der Waals surface area contributed by atoms with Crippen molar-refractivity contribution < 1.29 is 0 Å². The molecule has 2 saturated carbocycles. The smallest absolute Gasteiger partial charge is 0.0423 e. The summed E-state index contributed by atoms with van der Waals surface area (Å²) in [5.74, 6) is 3.72. The Morgan fingerprint density at radius 3 is 2.17 bits per heavy atom. The number of fused-ring (bicyclic) bond motifs is 1. The van der Waals surface area contributed by atoms with E-state index in [4.69, 9.17) is 0 Å². The summed E-state index contributed by atoms with van der Waals surface area (Å²) in [7, 11) is 0. The van der Waals surface area contributed by atoms with Gasteiger partial charge in [-0.3, -0.25) is 0 Å². The van der Waals surface area contributed by atoms with E-state index < -0.39 is 0 Å². The lowest BCUT2D eigenvalue weighted by molar-refractivity contribution is 0.482. The summed E-state index contributed by atoms with van der Waals surface area (Å²) >= 11 is 3.94. The fourth-order valence-corrected chi connectivity index (χ4v) is 4.25. The van der Waals surface area contributed by atoms with Crippen molar-refractivity contribution in [3.05, 3.63) is 35.4 Å². The molecular weight excluding hydrogens is 284 g/mol. The van der Waals surface area contributed by atoms with Gasteiger partial charge in [-0.1, -0.05) is 54.0 Å². The van der Waals surface area contributed by atoms with Crippen LogP contribution in [0.3, 0.4) is 0 Å².